The number of rotatable bonds is 5. The zero-order valence-corrected chi connectivity index (χ0v) is 7.84. The monoisotopic (exact) mass is 170 g/mol. The lowest BCUT2D eigenvalue weighted by molar-refractivity contribution is -0.265. The van der Waals surface area contributed by atoms with Crippen LogP contribution in [0, 0.1) is 0 Å². The van der Waals surface area contributed by atoms with E-state index in [-0.39, 0.29) is 0 Å². The highest BCUT2D eigenvalue weighted by Crippen LogP contribution is 2.18. The summed E-state index contributed by atoms with van der Waals surface area (Å²) in [4.78, 5) is 10.2. The Balaban J connectivity index is 2.01. The Morgan fingerprint density at radius 1 is 1.42 bits per heavy atom. The van der Waals surface area contributed by atoms with Crippen LogP contribution >= 0.6 is 0 Å². The van der Waals surface area contributed by atoms with Crippen LogP contribution in [-0.2, 0) is 9.78 Å². The number of hydrogen-bond donors (Lipinski definition) is 0. The van der Waals surface area contributed by atoms with Crippen LogP contribution in [0.2, 0.25) is 0 Å². The van der Waals surface area contributed by atoms with Crippen molar-refractivity contribution < 1.29 is 9.78 Å². The summed E-state index contributed by atoms with van der Waals surface area (Å²) in [6, 6.07) is 0. The summed E-state index contributed by atoms with van der Waals surface area (Å²) in [7, 11) is 0. The second kappa shape index (κ2) is 6.06. The van der Waals surface area contributed by atoms with Gasteiger partial charge in [0.05, 0.1) is 6.61 Å². The van der Waals surface area contributed by atoms with Crippen molar-refractivity contribution in [2.75, 3.05) is 6.61 Å². The van der Waals surface area contributed by atoms with Crippen molar-refractivity contribution in [1.29, 1.82) is 0 Å². The number of unbranched alkanes of at least 4 members (excludes halogenated alkanes) is 1. The minimum Gasteiger partial charge on any atom is -0.342 e. The standard InChI is InChI=1S/C10H18O2/c1-2-3-9-11-12-10-7-5-4-6-8-10/h7H,2-6,8-9H2,1H3. The minimum atomic E-state index is 0.716. The van der Waals surface area contributed by atoms with Gasteiger partial charge in [0.15, 0.2) is 0 Å². The number of allylic oxidation sites excluding steroid dienone is 2. The first-order valence-corrected chi connectivity index (χ1v) is 4.92. The first-order chi connectivity index (χ1) is 5.93. The van der Waals surface area contributed by atoms with E-state index in [2.05, 4.69) is 13.0 Å². The summed E-state index contributed by atoms with van der Waals surface area (Å²) >= 11 is 0. The van der Waals surface area contributed by atoms with Crippen LogP contribution < -0.4 is 0 Å². The van der Waals surface area contributed by atoms with Gasteiger partial charge in [0.25, 0.3) is 0 Å². The van der Waals surface area contributed by atoms with E-state index >= 15 is 0 Å². The molecule has 0 saturated carbocycles. The first kappa shape index (κ1) is 9.59. The zero-order valence-electron chi connectivity index (χ0n) is 7.84. The van der Waals surface area contributed by atoms with Gasteiger partial charge in [-0.25, -0.2) is 0 Å². The summed E-state index contributed by atoms with van der Waals surface area (Å²) in [5.74, 6) is 1.03. The normalized spacial score (nSPS) is 17.2. The van der Waals surface area contributed by atoms with Gasteiger partial charge in [-0.2, -0.15) is 4.89 Å². The highest BCUT2D eigenvalue weighted by atomic mass is 17.2. The van der Waals surface area contributed by atoms with Crippen LogP contribution in [0.3, 0.4) is 0 Å². The average Bonchev–Trinajstić information content (AvgIpc) is 2.14. The Kier molecular flexibility index (Phi) is 4.85. The Bertz CT molecular complexity index is 141. The van der Waals surface area contributed by atoms with Gasteiger partial charge < -0.3 is 4.89 Å². The Morgan fingerprint density at radius 2 is 2.33 bits per heavy atom. The van der Waals surface area contributed by atoms with Crippen LogP contribution in [0.15, 0.2) is 11.8 Å². The van der Waals surface area contributed by atoms with Crippen molar-refractivity contribution in [2.45, 2.75) is 45.4 Å². The maximum atomic E-state index is 5.15. The molecule has 0 heterocycles. The summed E-state index contributed by atoms with van der Waals surface area (Å²) in [5, 5.41) is 0. The van der Waals surface area contributed by atoms with Crippen molar-refractivity contribution in [3.8, 4) is 0 Å². The smallest absolute Gasteiger partial charge is 0.138 e. The fourth-order valence-electron chi connectivity index (χ4n) is 1.20. The summed E-state index contributed by atoms with van der Waals surface area (Å²) in [6.07, 6.45) is 9.09. The van der Waals surface area contributed by atoms with E-state index in [0.29, 0.717) is 6.61 Å². The van der Waals surface area contributed by atoms with E-state index in [1.165, 1.54) is 12.8 Å². The molecule has 0 unspecified atom stereocenters. The molecule has 1 aliphatic carbocycles. The van der Waals surface area contributed by atoms with E-state index in [1.54, 1.807) is 0 Å². The second-order valence-electron chi connectivity index (χ2n) is 3.18. The van der Waals surface area contributed by atoms with Gasteiger partial charge in [0.1, 0.15) is 5.76 Å². The molecule has 1 aliphatic rings. The Morgan fingerprint density at radius 3 is 3.00 bits per heavy atom. The predicted molar refractivity (Wildman–Crippen MR) is 48.5 cm³/mol. The SMILES string of the molecule is CCCCOOC1=CCCCC1. The van der Waals surface area contributed by atoms with E-state index < -0.39 is 0 Å². The fraction of sp³-hybridized carbons (Fsp3) is 0.800. The van der Waals surface area contributed by atoms with Crippen LogP contribution in [0.4, 0.5) is 0 Å². The molecule has 2 heteroatoms. The molecular formula is C10H18O2. The molecule has 1 rings (SSSR count). The molecule has 12 heavy (non-hydrogen) atoms. The van der Waals surface area contributed by atoms with E-state index in [9.17, 15) is 0 Å². The lowest BCUT2D eigenvalue weighted by Crippen LogP contribution is -2.00. The van der Waals surface area contributed by atoms with Gasteiger partial charge in [-0.1, -0.05) is 13.3 Å². The van der Waals surface area contributed by atoms with Gasteiger partial charge in [-0.3, -0.25) is 0 Å². The van der Waals surface area contributed by atoms with Gasteiger partial charge in [0, 0.05) is 6.42 Å². The number of hydrogen-bond acceptors (Lipinski definition) is 2. The molecule has 0 aliphatic heterocycles. The molecular weight excluding hydrogens is 152 g/mol. The van der Waals surface area contributed by atoms with Crippen molar-refractivity contribution >= 4 is 0 Å². The zero-order chi connectivity index (χ0) is 8.65. The highest BCUT2D eigenvalue weighted by Gasteiger charge is 2.04. The largest absolute Gasteiger partial charge is 0.342 e. The molecule has 0 spiro atoms. The van der Waals surface area contributed by atoms with Crippen molar-refractivity contribution in [3.63, 3.8) is 0 Å². The molecule has 0 aromatic heterocycles. The molecule has 70 valence electrons. The molecule has 0 radical (unpaired) electrons. The lowest BCUT2D eigenvalue weighted by atomic mass is 10.1. The third-order valence-corrected chi connectivity index (χ3v) is 2.00. The molecule has 0 aromatic carbocycles. The van der Waals surface area contributed by atoms with Crippen LogP contribution in [0.1, 0.15) is 45.4 Å². The predicted octanol–water partition coefficient (Wildman–Crippen LogP) is 3.19. The maximum absolute atomic E-state index is 5.15. The van der Waals surface area contributed by atoms with Crippen molar-refractivity contribution in [3.05, 3.63) is 11.8 Å². The highest BCUT2D eigenvalue weighted by molar-refractivity contribution is 4.95. The third-order valence-electron chi connectivity index (χ3n) is 2.00. The van der Waals surface area contributed by atoms with Crippen LogP contribution in [0.25, 0.3) is 0 Å². The van der Waals surface area contributed by atoms with Gasteiger partial charge >= 0.3 is 0 Å². The van der Waals surface area contributed by atoms with E-state index in [0.717, 1.165) is 31.4 Å². The van der Waals surface area contributed by atoms with E-state index in [4.69, 9.17) is 9.78 Å². The molecule has 0 atom stereocenters. The molecule has 0 N–H and O–H groups in total. The summed E-state index contributed by atoms with van der Waals surface area (Å²) in [5.41, 5.74) is 0. The quantitative estimate of drug-likeness (QED) is 0.358. The molecule has 0 bridgehead atoms. The fourth-order valence-corrected chi connectivity index (χ4v) is 1.20. The average molecular weight is 170 g/mol. The summed E-state index contributed by atoms with van der Waals surface area (Å²) < 4.78 is 0. The maximum Gasteiger partial charge on any atom is 0.138 e. The molecule has 0 amide bonds. The van der Waals surface area contributed by atoms with E-state index in [1.807, 2.05) is 0 Å². The minimum absolute atomic E-state index is 0.716. The van der Waals surface area contributed by atoms with Gasteiger partial charge in [0.2, 0.25) is 0 Å². The Hall–Kier alpha value is -0.500. The Labute approximate surface area is 74.5 Å². The van der Waals surface area contributed by atoms with Crippen LogP contribution in [0.5, 0.6) is 0 Å². The van der Waals surface area contributed by atoms with Crippen molar-refractivity contribution in [2.24, 2.45) is 0 Å². The van der Waals surface area contributed by atoms with Crippen LogP contribution in [-0.4, -0.2) is 6.61 Å². The lowest BCUT2D eigenvalue weighted by Gasteiger charge is -2.11. The summed E-state index contributed by atoms with van der Waals surface area (Å²) in [6.45, 7) is 2.86. The topological polar surface area (TPSA) is 18.5 Å². The molecule has 2 nitrogen and oxygen atoms in total. The second-order valence-corrected chi connectivity index (χ2v) is 3.18. The first-order valence-electron chi connectivity index (χ1n) is 4.92. The van der Waals surface area contributed by atoms with Crippen molar-refractivity contribution in [1.82, 2.24) is 0 Å². The molecule has 0 saturated heterocycles. The van der Waals surface area contributed by atoms with Gasteiger partial charge in [-0.05, 0) is 31.8 Å². The molecule has 0 aromatic rings. The molecule has 0 fully saturated rings. The van der Waals surface area contributed by atoms with Gasteiger partial charge in [-0.15, -0.1) is 0 Å². The third kappa shape index (κ3) is 3.77.